The van der Waals surface area contributed by atoms with Gasteiger partial charge in [-0.2, -0.15) is 0 Å². The number of hydrogen-bond donors (Lipinski definition) is 1. The number of hydrogen-bond acceptors (Lipinski definition) is 3. The number of aliphatic carboxylic acids is 1. The van der Waals surface area contributed by atoms with Crippen LogP contribution in [0.3, 0.4) is 0 Å². The van der Waals surface area contributed by atoms with E-state index in [-0.39, 0.29) is 0 Å². The van der Waals surface area contributed by atoms with Crippen LogP contribution in [0.15, 0.2) is 48.7 Å². The van der Waals surface area contributed by atoms with Gasteiger partial charge in [0.05, 0.1) is 5.52 Å². The lowest BCUT2D eigenvalue weighted by Gasteiger charge is -2.13. The van der Waals surface area contributed by atoms with Crippen LogP contribution < -0.4 is 4.74 Å². The zero-order valence-electron chi connectivity index (χ0n) is 12.7. The predicted molar refractivity (Wildman–Crippen MR) is 94.9 cm³/mol. The summed E-state index contributed by atoms with van der Waals surface area (Å²) in [4.78, 5) is 15.2. The molecule has 1 heterocycles. The highest BCUT2D eigenvalue weighted by Crippen LogP contribution is 2.38. The molecule has 0 saturated carbocycles. The molecule has 0 spiro atoms. The van der Waals surface area contributed by atoms with Crippen molar-refractivity contribution >= 4 is 40.1 Å². The summed E-state index contributed by atoms with van der Waals surface area (Å²) < 4.78 is 5.39. The molecule has 0 unspecified atom stereocenters. The van der Waals surface area contributed by atoms with E-state index in [2.05, 4.69) is 4.98 Å². The second-order valence-corrected chi connectivity index (χ2v) is 6.05. The summed E-state index contributed by atoms with van der Waals surface area (Å²) >= 11 is 12.6. The molecule has 3 aromatic rings. The molecule has 122 valence electrons. The summed E-state index contributed by atoms with van der Waals surface area (Å²) in [6.07, 6.45) is 0.713. The largest absolute Gasteiger partial charge is 0.479 e. The maximum Gasteiger partial charge on any atom is 0.344 e. The number of ether oxygens (including phenoxy) is 1. The van der Waals surface area contributed by atoms with E-state index in [9.17, 15) is 4.79 Å². The molecule has 3 rings (SSSR count). The standard InChI is InChI=1S/C18H13Cl2NO3/c1-10(18(22)23)24-11-5-6-12-13(7-8-21-16(12)9-11)17-14(19)3-2-4-15(17)20/h2-10H,1H3,(H,22,23)/t10-/m1/s1. The third-order valence-electron chi connectivity index (χ3n) is 3.61. The first-order valence-corrected chi connectivity index (χ1v) is 7.95. The molecule has 0 aliphatic heterocycles. The zero-order chi connectivity index (χ0) is 17.3. The van der Waals surface area contributed by atoms with Crippen LogP contribution in [0.4, 0.5) is 0 Å². The smallest absolute Gasteiger partial charge is 0.344 e. The molecule has 6 heteroatoms. The van der Waals surface area contributed by atoms with Gasteiger partial charge >= 0.3 is 5.97 Å². The second-order valence-electron chi connectivity index (χ2n) is 5.23. The minimum atomic E-state index is -1.03. The van der Waals surface area contributed by atoms with E-state index < -0.39 is 12.1 Å². The summed E-state index contributed by atoms with van der Waals surface area (Å²) in [5.41, 5.74) is 2.26. The van der Waals surface area contributed by atoms with Crippen molar-refractivity contribution in [2.45, 2.75) is 13.0 Å². The van der Waals surface area contributed by atoms with Gasteiger partial charge in [0.25, 0.3) is 0 Å². The van der Waals surface area contributed by atoms with Crippen molar-refractivity contribution in [2.24, 2.45) is 0 Å². The number of carbonyl (C=O) groups is 1. The first-order valence-electron chi connectivity index (χ1n) is 7.20. The molecular formula is C18H13Cl2NO3. The van der Waals surface area contributed by atoms with Crippen molar-refractivity contribution in [3.05, 3.63) is 58.7 Å². The van der Waals surface area contributed by atoms with Crippen LogP contribution in [0, 0.1) is 0 Å². The van der Waals surface area contributed by atoms with Gasteiger partial charge in [-0.3, -0.25) is 4.98 Å². The van der Waals surface area contributed by atoms with E-state index in [4.69, 9.17) is 33.0 Å². The van der Waals surface area contributed by atoms with E-state index in [1.165, 1.54) is 6.92 Å². The molecule has 1 atom stereocenters. The Kier molecular flexibility index (Phi) is 4.60. The van der Waals surface area contributed by atoms with Gasteiger partial charge in [-0.1, -0.05) is 29.3 Å². The number of nitrogens with zero attached hydrogens (tertiary/aromatic N) is 1. The fourth-order valence-electron chi connectivity index (χ4n) is 2.43. The van der Waals surface area contributed by atoms with Crippen LogP contribution >= 0.6 is 23.2 Å². The summed E-state index contributed by atoms with van der Waals surface area (Å²) in [5, 5.41) is 10.9. The zero-order valence-corrected chi connectivity index (χ0v) is 14.2. The van der Waals surface area contributed by atoms with E-state index >= 15 is 0 Å². The molecule has 24 heavy (non-hydrogen) atoms. The van der Waals surface area contributed by atoms with Gasteiger partial charge in [-0.05, 0) is 42.8 Å². The van der Waals surface area contributed by atoms with Crippen molar-refractivity contribution in [1.82, 2.24) is 4.98 Å². The van der Waals surface area contributed by atoms with Crippen molar-refractivity contribution in [3.8, 4) is 16.9 Å². The Bertz CT molecular complexity index is 907. The van der Waals surface area contributed by atoms with Crippen molar-refractivity contribution in [2.75, 3.05) is 0 Å². The number of benzene rings is 2. The minimum Gasteiger partial charge on any atom is -0.479 e. The molecule has 4 nitrogen and oxygen atoms in total. The molecule has 0 amide bonds. The highest BCUT2D eigenvalue weighted by atomic mass is 35.5. The van der Waals surface area contributed by atoms with E-state index in [0.717, 1.165) is 16.5 Å². The van der Waals surface area contributed by atoms with Crippen LogP contribution in [-0.4, -0.2) is 22.2 Å². The maximum absolute atomic E-state index is 10.9. The number of fused-ring (bicyclic) bond motifs is 1. The van der Waals surface area contributed by atoms with E-state index in [0.29, 0.717) is 21.3 Å². The molecule has 1 aromatic heterocycles. The van der Waals surface area contributed by atoms with Crippen molar-refractivity contribution in [1.29, 1.82) is 0 Å². The Morgan fingerprint density at radius 1 is 1.17 bits per heavy atom. The normalized spacial score (nSPS) is 12.1. The number of pyridine rings is 1. The Balaban J connectivity index is 2.11. The van der Waals surface area contributed by atoms with E-state index in [1.807, 2.05) is 12.1 Å². The highest BCUT2D eigenvalue weighted by molar-refractivity contribution is 6.39. The molecule has 0 bridgehead atoms. The SMILES string of the molecule is C[C@@H](Oc1ccc2c(-c3c(Cl)cccc3Cl)ccnc2c1)C(=O)O. The summed E-state index contributed by atoms with van der Waals surface area (Å²) in [7, 11) is 0. The van der Waals surface area contributed by atoms with Gasteiger partial charge in [0, 0.05) is 33.3 Å². The Morgan fingerprint density at radius 3 is 2.54 bits per heavy atom. The Labute approximate surface area is 148 Å². The number of carboxylic acids is 1. The van der Waals surface area contributed by atoms with E-state index in [1.54, 1.807) is 36.5 Å². The summed E-state index contributed by atoms with van der Waals surface area (Å²) in [6, 6.07) is 12.4. The Hall–Kier alpha value is -2.30. The lowest BCUT2D eigenvalue weighted by Crippen LogP contribution is -2.22. The predicted octanol–water partition coefficient (Wildman–Crippen LogP) is 5.06. The molecule has 0 aliphatic rings. The third-order valence-corrected chi connectivity index (χ3v) is 4.24. The average molecular weight is 362 g/mol. The fourth-order valence-corrected chi connectivity index (χ4v) is 3.03. The molecule has 0 saturated heterocycles. The Morgan fingerprint density at radius 2 is 1.88 bits per heavy atom. The van der Waals surface area contributed by atoms with Crippen molar-refractivity contribution in [3.63, 3.8) is 0 Å². The van der Waals surface area contributed by atoms with Crippen LogP contribution in [0.2, 0.25) is 10.0 Å². The quantitative estimate of drug-likeness (QED) is 0.705. The summed E-state index contributed by atoms with van der Waals surface area (Å²) in [5.74, 6) is -0.591. The molecule has 1 N–H and O–H groups in total. The number of carboxylic acid groups (broad SMARTS) is 1. The van der Waals surface area contributed by atoms with Gasteiger partial charge < -0.3 is 9.84 Å². The monoisotopic (exact) mass is 361 g/mol. The molecule has 2 aromatic carbocycles. The van der Waals surface area contributed by atoms with Gasteiger partial charge in [0.2, 0.25) is 0 Å². The van der Waals surface area contributed by atoms with Gasteiger partial charge in [0.15, 0.2) is 6.10 Å². The van der Waals surface area contributed by atoms with Crippen LogP contribution in [0.25, 0.3) is 22.0 Å². The maximum atomic E-state index is 10.9. The highest BCUT2D eigenvalue weighted by Gasteiger charge is 2.15. The van der Waals surface area contributed by atoms with Crippen molar-refractivity contribution < 1.29 is 14.6 Å². The second kappa shape index (κ2) is 6.67. The first-order chi connectivity index (χ1) is 11.5. The van der Waals surface area contributed by atoms with Gasteiger partial charge in [-0.15, -0.1) is 0 Å². The molecular weight excluding hydrogens is 349 g/mol. The number of rotatable bonds is 4. The fraction of sp³-hybridized carbons (Fsp3) is 0.111. The minimum absolute atomic E-state index is 0.437. The number of aromatic nitrogens is 1. The molecule has 0 fully saturated rings. The third kappa shape index (κ3) is 3.16. The summed E-state index contributed by atoms with van der Waals surface area (Å²) in [6.45, 7) is 1.47. The molecule has 0 aliphatic carbocycles. The van der Waals surface area contributed by atoms with Crippen LogP contribution in [0.5, 0.6) is 5.75 Å². The van der Waals surface area contributed by atoms with Crippen LogP contribution in [-0.2, 0) is 4.79 Å². The average Bonchev–Trinajstić information content (AvgIpc) is 2.54. The van der Waals surface area contributed by atoms with Gasteiger partial charge in [0.1, 0.15) is 5.75 Å². The topological polar surface area (TPSA) is 59.4 Å². The lowest BCUT2D eigenvalue weighted by molar-refractivity contribution is -0.144. The number of halogens is 2. The first kappa shape index (κ1) is 16.6. The van der Waals surface area contributed by atoms with Crippen LogP contribution in [0.1, 0.15) is 6.92 Å². The van der Waals surface area contributed by atoms with Gasteiger partial charge in [-0.25, -0.2) is 4.79 Å². The molecule has 0 radical (unpaired) electrons. The lowest BCUT2D eigenvalue weighted by atomic mass is 10.0.